The number of piperidine rings is 1. The molecule has 3 atom stereocenters. The number of nitrogens with zero attached hydrogens (tertiary/aromatic N) is 1. The summed E-state index contributed by atoms with van der Waals surface area (Å²) in [5.41, 5.74) is 0. The van der Waals surface area contributed by atoms with Crippen molar-refractivity contribution in [2.24, 2.45) is 0 Å². The fraction of sp³-hybridized carbons (Fsp3) is 0.857. The summed E-state index contributed by atoms with van der Waals surface area (Å²) in [6, 6.07) is 2.55. The quantitative estimate of drug-likeness (QED) is 0.729. The minimum absolute atomic E-state index is 0.290. The van der Waals surface area contributed by atoms with Gasteiger partial charge < -0.3 is 10.2 Å². The molecule has 90 valence electrons. The van der Waals surface area contributed by atoms with Crippen LogP contribution in [-0.4, -0.2) is 36.1 Å². The minimum atomic E-state index is 0.290. The van der Waals surface area contributed by atoms with Crippen LogP contribution in [0.25, 0.3) is 0 Å². The van der Waals surface area contributed by atoms with Gasteiger partial charge in [0.15, 0.2) is 0 Å². The number of hydrogen-bond acceptors (Lipinski definition) is 2. The third-order valence-electron chi connectivity index (χ3n) is 4.31. The first-order valence-electron chi connectivity index (χ1n) is 6.68. The summed E-state index contributed by atoms with van der Waals surface area (Å²) in [5, 5.41) is 3.67. The Morgan fingerprint density at radius 3 is 2.50 bits per heavy atom. The average molecular weight is 220 g/mol. The maximum Gasteiger partial charge on any atom is 0.0688 e. The molecule has 0 spiro atoms. The number of hydrogen-bond donors (Lipinski definition) is 1. The van der Waals surface area contributed by atoms with Gasteiger partial charge >= 0.3 is 0 Å². The molecular formula is C14H24N2. The molecule has 0 amide bonds. The Bertz CT molecular complexity index is 254. The molecule has 0 aromatic heterocycles. The molecule has 0 radical (unpaired) electrons. The van der Waals surface area contributed by atoms with Crippen molar-refractivity contribution in [3.05, 3.63) is 0 Å². The van der Waals surface area contributed by atoms with Crippen LogP contribution in [0.1, 0.15) is 45.4 Å². The molecular weight excluding hydrogens is 196 g/mol. The zero-order chi connectivity index (χ0) is 11.5. The monoisotopic (exact) mass is 220 g/mol. The van der Waals surface area contributed by atoms with Gasteiger partial charge in [0.05, 0.1) is 6.04 Å². The zero-order valence-corrected chi connectivity index (χ0v) is 10.6. The Hall–Kier alpha value is -0.520. The number of fused-ring (bicyclic) bond motifs is 2. The second kappa shape index (κ2) is 5.21. The molecule has 2 nitrogen and oxygen atoms in total. The van der Waals surface area contributed by atoms with Crippen molar-refractivity contribution in [2.45, 2.75) is 69.6 Å². The fourth-order valence-corrected chi connectivity index (χ4v) is 3.34. The summed E-state index contributed by atoms with van der Waals surface area (Å²) in [7, 11) is 2.28. The second-order valence-electron chi connectivity index (χ2n) is 5.39. The Morgan fingerprint density at radius 1 is 1.38 bits per heavy atom. The lowest BCUT2D eigenvalue weighted by Gasteiger charge is -2.37. The van der Waals surface area contributed by atoms with Crippen LogP contribution in [0.2, 0.25) is 0 Å². The Balaban J connectivity index is 1.86. The van der Waals surface area contributed by atoms with Crippen LogP contribution in [-0.2, 0) is 0 Å². The van der Waals surface area contributed by atoms with E-state index in [4.69, 9.17) is 6.42 Å². The molecule has 0 saturated carbocycles. The first-order chi connectivity index (χ1) is 7.74. The van der Waals surface area contributed by atoms with Gasteiger partial charge in [0.25, 0.3) is 0 Å². The maximum atomic E-state index is 5.57. The van der Waals surface area contributed by atoms with Crippen molar-refractivity contribution in [1.29, 1.82) is 0 Å². The molecule has 0 aromatic rings. The van der Waals surface area contributed by atoms with E-state index in [1.165, 1.54) is 32.1 Å². The molecule has 0 aromatic carbocycles. The van der Waals surface area contributed by atoms with Crippen molar-refractivity contribution in [3.63, 3.8) is 0 Å². The van der Waals surface area contributed by atoms with Gasteiger partial charge in [0.2, 0.25) is 0 Å². The molecule has 2 heterocycles. The molecule has 2 fully saturated rings. The maximum absolute atomic E-state index is 5.57. The van der Waals surface area contributed by atoms with Gasteiger partial charge in [0, 0.05) is 18.1 Å². The van der Waals surface area contributed by atoms with Crippen LogP contribution >= 0.6 is 0 Å². The predicted octanol–water partition coefficient (Wildman–Crippen LogP) is 2.00. The zero-order valence-electron chi connectivity index (χ0n) is 10.6. The summed E-state index contributed by atoms with van der Waals surface area (Å²) >= 11 is 0. The van der Waals surface area contributed by atoms with E-state index in [2.05, 4.69) is 30.1 Å². The number of nitrogens with one attached hydrogen (secondary N) is 1. The van der Waals surface area contributed by atoms with Gasteiger partial charge in [-0.05, 0) is 39.2 Å². The molecule has 0 aliphatic carbocycles. The molecule has 2 aliphatic heterocycles. The summed E-state index contributed by atoms with van der Waals surface area (Å²) in [5.74, 6) is 2.89. The standard InChI is InChI=1S/C14H24N2/c1-4-6-11(5-2)15-12-9-13-7-8-14(10-12)16(13)3/h2,11-15H,4,6-10H2,1,3H3. The lowest BCUT2D eigenvalue weighted by molar-refractivity contribution is 0.145. The van der Waals surface area contributed by atoms with Gasteiger partial charge in [-0.25, -0.2) is 0 Å². The lowest BCUT2D eigenvalue weighted by Crippen LogP contribution is -2.49. The van der Waals surface area contributed by atoms with E-state index >= 15 is 0 Å². The highest BCUT2D eigenvalue weighted by molar-refractivity contribution is 5.03. The second-order valence-corrected chi connectivity index (χ2v) is 5.39. The van der Waals surface area contributed by atoms with Crippen molar-refractivity contribution >= 4 is 0 Å². The highest BCUT2D eigenvalue weighted by Crippen LogP contribution is 2.34. The van der Waals surface area contributed by atoms with Gasteiger partial charge in [-0.1, -0.05) is 19.3 Å². The lowest BCUT2D eigenvalue weighted by atomic mass is 9.96. The van der Waals surface area contributed by atoms with Gasteiger partial charge in [-0.3, -0.25) is 0 Å². The minimum Gasteiger partial charge on any atom is -0.301 e. The van der Waals surface area contributed by atoms with E-state index in [1.54, 1.807) is 0 Å². The fourth-order valence-electron chi connectivity index (χ4n) is 3.34. The van der Waals surface area contributed by atoms with Crippen LogP contribution in [0, 0.1) is 12.3 Å². The van der Waals surface area contributed by atoms with E-state index in [1.807, 2.05) is 0 Å². The molecule has 2 saturated heterocycles. The molecule has 2 aliphatic rings. The van der Waals surface area contributed by atoms with Crippen molar-refractivity contribution < 1.29 is 0 Å². The Labute approximate surface area is 99.8 Å². The van der Waals surface area contributed by atoms with E-state index < -0.39 is 0 Å². The summed E-state index contributed by atoms with van der Waals surface area (Å²) in [6.45, 7) is 2.20. The van der Waals surface area contributed by atoms with Gasteiger partial charge in [-0.2, -0.15) is 0 Å². The Kier molecular flexibility index (Phi) is 3.89. The molecule has 2 bridgehead atoms. The van der Waals surface area contributed by atoms with E-state index in [0.29, 0.717) is 6.04 Å². The smallest absolute Gasteiger partial charge is 0.0688 e. The largest absolute Gasteiger partial charge is 0.301 e. The third kappa shape index (κ3) is 2.42. The van der Waals surface area contributed by atoms with Gasteiger partial charge in [0.1, 0.15) is 0 Å². The van der Waals surface area contributed by atoms with E-state index in [9.17, 15) is 0 Å². The molecule has 2 rings (SSSR count). The average Bonchev–Trinajstić information content (AvgIpc) is 2.53. The van der Waals surface area contributed by atoms with E-state index in [0.717, 1.165) is 18.5 Å². The van der Waals surface area contributed by atoms with Crippen molar-refractivity contribution in [2.75, 3.05) is 7.05 Å². The topological polar surface area (TPSA) is 15.3 Å². The van der Waals surface area contributed by atoms with Crippen LogP contribution in [0.15, 0.2) is 0 Å². The predicted molar refractivity (Wildman–Crippen MR) is 68.3 cm³/mol. The summed E-state index contributed by atoms with van der Waals surface area (Å²) < 4.78 is 0. The molecule has 16 heavy (non-hydrogen) atoms. The SMILES string of the molecule is C#CC(CCC)NC1CC2CCC(C1)N2C. The summed E-state index contributed by atoms with van der Waals surface area (Å²) in [6.07, 6.45) is 13.2. The van der Waals surface area contributed by atoms with Gasteiger partial charge in [-0.15, -0.1) is 6.42 Å². The highest BCUT2D eigenvalue weighted by Gasteiger charge is 2.38. The first-order valence-corrected chi connectivity index (χ1v) is 6.68. The number of terminal acetylenes is 1. The third-order valence-corrected chi connectivity index (χ3v) is 4.31. The normalized spacial score (nSPS) is 35.9. The van der Waals surface area contributed by atoms with Crippen molar-refractivity contribution in [3.8, 4) is 12.3 Å². The van der Waals surface area contributed by atoms with Crippen molar-refractivity contribution in [1.82, 2.24) is 10.2 Å². The number of rotatable bonds is 4. The first kappa shape index (κ1) is 12.0. The highest BCUT2D eigenvalue weighted by atomic mass is 15.2. The van der Waals surface area contributed by atoms with Crippen LogP contribution < -0.4 is 5.32 Å². The van der Waals surface area contributed by atoms with Crippen LogP contribution in [0.5, 0.6) is 0 Å². The Morgan fingerprint density at radius 2 is 2.00 bits per heavy atom. The molecule has 3 unspecified atom stereocenters. The molecule has 1 N–H and O–H groups in total. The van der Waals surface area contributed by atoms with E-state index in [-0.39, 0.29) is 6.04 Å². The van der Waals surface area contributed by atoms with Crippen LogP contribution in [0.4, 0.5) is 0 Å². The van der Waals surface area contributed by atoms with Crippen LogP contribution in [0.3, 0.4) is 0 Å². The summed E-state index contributed by atoms with van der Waals surface area (Å²) in [4.78, 5) is 2.57. The molecule has 2 heteroatoms.